The Morgan fingerprint density at radius 3 is 2.68 bits per heavy atom. The van der Waals surface area contributed by atoms with Crippen molar-refractivity contribution in [2.45, 2.75) is 32.9 Å². The summed E-state index contributed by atoms with van der Waals surface area (Å²) >= 11 is 0. The summed E-state index contributed by atoms with van der Waals surface area (Å²) in [5.41, 5.74) is 2.46. The lowest BCUT2D eigenvalue weighted by atomic mass is 10.1. The Morgan fingerprint density at radius 2 is 1.91 bits per heavy atom. The predicted octanol–water partition coefficient (Wildman–Crippen LogP) is 3.40. The molecule has 0 saturated carbocycles. The minimum absolute atomic E-state index is 0.133. The van der Waals surface area contributed by atoms with Crippen LogP contribution in [0.15, 0.2) is 48.7 Å². The summed E-state index contributed by atoms with van der Waals surface area (Å²) in [6, 6.07) is 13.0. The molecule has 1 aliphatic heterocycles. The van der Waals surface area contributed by atoms with Crippen molar-refractivity contribution in [3.63, 3.8) is 0 Å². The van der Waals surface area contributed by atoms with E-state index in [2.05, 4.69) is 10.4 Å². The lowest BCUT2D eigenvalue weighted by Gasteiger charge is -2.32. The van der Waals surface area contributed by atoms with Crippen molar-refractivity contribution in [1.29, 1.82) is 0 Å². The minimum Gasteiger partial charge on any atom is -0.493 e. The Hall–Kier alpha value is -4.01. The molecule has 0 saturated heterocycles. The number of rotatable bonds is 8. The number of carbonyl (C=O) groups is 2. The zero-order valence-corrected chi connectivity index (χ0v) is 19.7. The first kappa shape index (κ1) is 23.2. The highest BCUT2D eigenvalue weighted by molar-refractivity contribution is 6.00. The summed E-state index contributed by atoms with van der Waals surface area (Å²) in [5, 5.41) is 7.37. The number of para-hydroxylation sites is 2. The second-order valence-corrected chi connectivity index (χ2v) is 8.04. The molecular formula is C25H28N4O5. The summed E-state index contributed by atoms with van der Waals surface area (Å²) < 4.78 is 18.1. The summed E-state index contributed by atoms with van der Waals surface area (Å²) in [6.45, 7) is 4.29. The fraction of sp³-hybridized carbons (Fsp3) is 0.320. The Labute approximate surface area is 198 Å². The highest BCUT2D eigenvalue weighted by atomic mass is 16.5. The van der Waals surface area contributed by atoms with E-state index in [1.807, 2.05) is 49.4 Å². The van der Waals surface area contributed by atoms with Gasteiger partial charge >= 0.3 is 0 Å². The van der Waals surface area contributed by atoms with Gasteiger partial charge in [0.2, 0.25) is 5.91 Å². The molecule has 2 amide bonds. The number of hydrogen-bond donors (Lipinski definition) is 1. The van der Waals surface area contributed by atoms with Crippen molar-refractivity contribution in [2.24, 2.45) is 0 Å². The molecule has 0 bridgehead atoms. The van der Waals surface area contributed by atoms with Crippen LogP contribution in [0, 0.1) is 6.92 Å². The number of benzene rings is 2. The highest BCUT2D eigenvalue weighted by Crippen LogP contribution is 2.33. The molecule has 3 aromatic rings. The molecule has 2 aromatic carbocycles. The largest absolute Gasteiger partial charge is 0.493 e. The van der Waals surface area contributed by atoms with Gasteiger partial charge in [0.25, 0.3) is 5.91 Å². The normalized spacial score (nSPS) is 14.9. The van der Waals surface area contributed by atoms with Gasteiger partial charge in [-0.2, -0.15) is 5.10 Å². The smallest absolute Gasteiger partial charge is 0.267 e. The maximum absolute atomic E-state index is 12.8. The van der Waals surface area contributed by atoms with Crippen LogP contribution in [0.3, 0.4) is 0 Å². The van der Waals surface area contributed by atoms with E-state index in [-0.39, 0.29) is 24.8 Å². The standard InChI is InChI=1S/C25H28N4O5/c1-16-14-26-29(15-18-9-10-21(32-3)22(13-18)33-4)24(16)27-23(30)11-12-28-19-7-5-6-8-20(19)34-17(2)25(28)31/h5-10,13-14,17H,11-12,15H2,1-4H3,(H,27,30)/t17-/m0/s1. The molecule has 4 rings (SSSR count). The number of carbonyl (C=O) groups excluding carboxylic acids is 2. The van der Waals surface area contributed by atoms with E-state index in [4.69, 9.17) is 14.2 Å². The van der Waals surface area contributed by atoms with Gasteiger partial charge < -0.3 is 24.4 Å². The Morgan fingerprint density at radius 1 is 1.15 bits per heavy atom. The Balaban J connectivity index is 1.45. The number of ether oxygens (including phenoxy) is 3. The first-order valence-corrected chi connectivity index (χ1v) is 11.0. The molecule has 0 radical (unpaired) electrons. The van der Waals surface area contributed by atoms with Crippen LogP contribution in [0.4, 0.5) is 11.5 Å². The molecule has 0 spiro atoms. The average molecular weight is 465 g/mol. The van der Waals surface area contributed by atoms with Crippen LogP contribution < -0.4 is 24.4 Å². The topological polar surface area (TPSA) is 94.9 Å². The number of anilines is 2. The molecule has 9 heteroatoms. The second kappa shape index (κ2) is 9.86. The van der Waals surface area contributed by atoms with Gasteiger partial charge in [0, 0.05) is 18.5 Å². The third kappa shape index (κ3) is 4.68. The minimum atomic E-state index is -0.594. The summed E-state index contributed by atoms with van der Waals surface area (Å²) in [4.78, 5) is 27.1. The zero-order valence-electron chi connectivity index (χ0n) is 19.7. The monoisotopic (exact) mass is 464 g/mol. The van der Waals surface area contributed by atoms with E-state index in [1.54, 1.807) is 36.9 Å². The van der Waals surface area contributed by atoms with E-state index < -0.39 is 6.10 Å². The fourth-order valence-electron chi connectivity index (χ4n) is 3.91. The van der Waals surface area contributed by atoms with Gasteiger partial charge in [-0.05, 0) is 43.7 Å². The van der Waals surface area contributed by atoms with Gasteiger partial charge in [0.15, 0.2) is 17.6 Å². The van der Waals surface area contributed by atoms with Crippen molar-refractivity contribution in [1.82, 2.24) is 9.78 Å². The molecule has 2 heterocycles. The van der Waals surface area contributed by atoms with Crippen molar-refractivity contribution < 1.29 is 23.8 Å². The molecule has 0 aliphatic carbocycles. The van der Waals surface area contributed by atoms with Gasteiger partial charge in [0.05, 0.1) is 32.6 Å². The van der Waals surface area contributed by atoms with Crippen LogP contribution in [0.2, 0.25) is 0 Å². The summed E-state index contributed by atoms with van der Waals surface area (Å²) in [6.07, 6.45) is 1.25. The van der Waals surface area contributed by atoms with E-state index in [0.717, 1.165) is 11.1 Å². The molecule has 0 unspecified atom stereocenters. The van der Waals surface area contributed by atoms with E-state index in [0.29, 0.717) is 35.3 Å². The number of amides is 2. The number of aromatic nitrogens is 2. The number of nitrogens with zero attached hydrogens (tertiary/aromatic N) is 3. The number of nitrogens with one attached hydrogen (secondary N) is 1. The Kier molecular flexibility index (Phi) is 6.72. The van der Waals surface area contributed by atoms with Gasteiger partial charge in [-0.15, -0.1) is 0 Å². The lowest BCUT2D eigenvalue weighted by Crippen LogP contribution is -2.45. The van der Waals surface area contributed by atoms with Crippen LogP contribution >= 0.6 is 0 Å². The lowest BCUT2D eigenvalue weighted by molar-refractivity contribution is -0.125. The molecule has 178 valence electrons. The molecule has 1 aliphatic rings. The predicted molar refractivity (Wildman–Crippen MR) is 128 cm³/mol. The van der Waals surface area contributed by atoms with Gasteiger partial charge in [-0.1, -0.05) is 18.2 Å². The maximum Gasteiger partial charge on any atom is 0.267 e. The number of methoxy groups -OCH3 is 2. The maximum atomic E-state index is 12.8. The van der Waals surface area contributed by atoms with E-state index in [1.165, 1.54) is 0 Å². The zero-order chi connectivity index (χ0) is 24.2. The molecule has 1 N–H and O–H groups in total. The van der Waals surface area contributed by atoms with Crippen molar-refractivity contribution in [3.05, 3.63) is 59.8 Å². The van der Waals surface area contributed by atoms with Gasteiger partial charge in [-0.3, -0.25) is 9.59 Å². The van der Waals surface area contributed by atoms with E-state index in [9.17, 15) is 9.59 Å². The van der Waals surface area contributed by atoms with Crippen molar-refractivity contribution in [2.75, 3.05) is 31.0 Å². The second-order valence-electron chi connectivity index (χ2n) is 8.04. The first-order valence-electron chi connectivity index (χ1n) is 11.0. The third-order valence-corrected chi connectivity index (χ3v) is 5.70. The van der Waals surface area contributed by atoms with E-state index >= 15 is 0 Å². The quantitative estimate of drug-likeness (QED) is 0.549. The average Bonchev–Trinajstić information content (AvgIpc) is 3.17. The summed E-state index contributed by atoms with van der Waals surface area (Å²) in [5.74, 6) is 2.15. The first-order chi connectivity index (χ1) is 16.4. The molecule has 1 aromatic heterocycles. The van der Waals surface area contributed by atoms with Crippen LogP contribution in [0.5, 0.6) is 17.2 Å². The fourth-order valence-corrected chi connectivity index (χ4v) is 3.91. The molecule has 1 atom stereocenters. The van der Waals surface area contributed by atoms with Crippen LogP contribution in [-0.4, -0.2) is 48.5 Å². The van der Waals surface area contributed by atoms with Crippen LogP contribution in [0.1, 0.15) is 24.5 Å². The van der Waals surface area contributed by atoms with Crippen molar-refractivity contribution in [3.8, 4) is 17.2 Å². The van der Waals surface area contributed by atoms with Crippen LogP contribution in [-0.2, 0) is 16.1 Å². The molecular weight excluding hydrogens is 436 g/mol. The number of hydrogen-bond acceptors (Lipinski definition) is 6. The SMILES string of the molecule is COc1ccc(Cn2ncc(C)c2NC(=O)CCN2C(=O)[C@H](C)Oc3ccccc32)cc1OC. The number of aryl methyl sites for hydroxylation is 1. The molecule has 34 heavy (non-hydrogen) atoms. The molecule has 0 fully saturated rings. The highest BCUT2D eigenvalue weighted by Gasteiger charge is 2.31. The Bertz CT molecular complexity index is 1210. The van der Waals surface area contributed by atoms with Crippen LogP contribution in [0.25, 0.3) is 0 Å². The third-order valence-electron chi connectivity index (χ3n) is 5.70. The van der Waals surface area contributed by atoms with Gasteiger partial charge in [0.1, 0.15) is 11.6 Å². The summed E-state index contributed by atoms with van der Waals surface area (Å²) in [7, 11) is 3.18. The van der Waals surface area contributed by atoms with Crippen molar-refractivity contribution >= 4 is 23.3 Å². The van der Waals surface area contributed by atoms with Gasteiger partial charge in [-0.25, -0.2) is 4.68 Å². The number of fused-ring (bicyclic) bond motifs is 1. The molecule has 9 nitrogen and oxygen atoms in total.